The molecule has 2 rings (SSSR count). The summed E-state index contributed by atoms with van der Waals surface area (Å²) >= 11 is 1.27. The molecule has 0 spiro atoms. The van der Waals surface area contributed by atoms with E-state index in [-0.39, 0.29) is 22.9 Å². The van der Waals surface area contributed by atoms with Crippen LogP contribution in [0, 0.1) is 17.8 Å². The molecule has 0 saturated heterocycles. The second kappa shape index (κ2) is 10.1. The molecule has 1 aliphatic rings. The van der Waals surface area contributed by atoms with E-state index >= 15 is 0 Å². The number of nitrogens with zero attached hydrogens (tertiary/aromatic N) is 1. The van der Waals surface area contributed by atoms with E-state index in [1.54, 1.807) is 0 Å². The fraction of sp³-hybridized carbons (Fsp3) is 0.636. The number of amides is 1. The van der Waals surface area contributed by atoms with Crippen molar-refractivity contribution in [2.75, 3.05) is 11.4 Å². The van der Waals surface area contributed by atoms with Crippen LogP contribution in [0.15, 0.2) is 29.2 Å². The summed E-state index contributed by atoms with van der Waals surface area (Å²) in [5, 5.41) is 0.145. The fourth-order valence-corrected chi connectivity index (χ4v) is 4.18. The van der Waals surface area contributed by atoms with E-state index < -0.39 is 0 Å². The minimum atomic E-state index is -0.0220. The quantitative estimate of drug-likeness (QED) is 0.555. The second-order valence-corrected chi connectivity index (χ2v) is 9.10. The number of carbonyl (C=O) groups is 2. The van der Waals surface area contributed by atoms with Crippen molar-refractivity contribution in [3.8, 4) is 0 Å². The molecule has 3 nitrogen and oxygen atoms in total. The molecule has 1 aliphatic carbocycles. The number of para-hydroxylation sites is 1. The molecule has 0 N–H and O–H groups in total. The molecule has 1 fully saturated rings. The first-order chi connectivity index (χ1) is 12.4. The number of rotatable bonds is 7. The van der Waals surface area contributed by atoms with Gasteiger partial charge in [0.25, 0.3) is 0 Å². The molecule has 144 valence electrons. The maximum atomic E-state index is 13.3. The summed E-state index contributed by atoms with van der Waals surface area (Å²) in [5.74, 6) is 0.894. The maximum Gasteiger partial charge on any atom is 0.230 e. The predicted octanol–water partition coefficient (Wildman–Crippen LogP) is 5.92. The van der Waals surface area contributed by atoms with E-state index in [2.05, 4.69) is 13.8 Å². The molecule has 0 heterocycles. The molecular formula is C22H33NO2S. The zero-order chi connectivity index (χ0) is 19.1. The maximum absolute atomic E-state index is 13.3. The van der Waals surface area contributed by atoms with Gasteiger partial charge in [-0.15, -0.1) is 0 Å². The number of benzene rings is 1. The highest BCUT2D eigenvalue weighted by atomic mass is 32.2. The van der Waals surface area contributed by atoms with Gasteiger partial charge in [0.1, 0.15) is 0 Å². The minimum Gasteiger partial charge on any atom is -0.311 e. The number of hydrogen-bond donors (Lipinski definition) is 0. The monoisotopic (exact) mass is 375 g/mol. The summed E-state index contributed by atoms with van der Waals surface area (Å²) in [7, 11) is 0. The van der Waals surface area contributed by atoms with Crippen LogP contribution in [0.25, 0.3) is 0 Å². The highest BCUT2D eigenvalue weighted by Gasteiger charge is 2.28. The fourth-order valence-electron chi connectivity index (χ4n) is 3.30. The van der Waals surface area contributed by atoms with Crippen molar-refractivity contribution in [3.05, 3.63) is 24.3 Å². The average molecular weight is 376 g/mol. The van der Waals surface area contributed by atoms with Crippen LogP contribution in [-0.2, 0) is 9.59 Å². The van der Waals surface area contributed by atoms with Gasteiger partial charge in [0.15, 0.2) is 5.12 Å². The Morgan fingerprint density at radius 1 is 1.08 bits per heavy atom. The van der Waals surface area contributed by atoms with E-state index in [0.717, 1.165) is 49.2 Å². The topological polar surface area (TPSA) is 37.4 Å². The lowest BCUT2D eigenvalue weighted by Crippen LogP contribution is -2.38. The smallest absolute Gasteiger partial charge is 0.230 e. The summed E-state index contributed by atoms with van der Waals surface area (Å²) in [6.45, 7) is 8.93. The molecular weight excluding hydrogens is 342 g/mol. The van der Waals surface area contributed by atoms with Crippen molar-refractivity contribution in [1.29, 1.82) is 0 Å². The Kier molecular flexibility index (Phi) is 8.20. The van der Waals surface area contributed by atoms with Crippen LogP contribution in [0.1, 0.15) is 66.2 Å². The van der Waals surface area contributed by atoms with Gasteiger partial charge in [-0.1, -0.05) is 59.1 Å². The van der Waals surface area contributed by atoms with Crippen LogP contribution < -0.4 is 4.90 Å². The first kappa shape index (κ1) is 21.0. The molecule has 0 bridgehead atoms. The van der Waals surface area contributed by atoms with Gasteiger partial charge in [-0.05, 0) is 49.1 Å². The molecule has 26 heavy (non-hydrogen) atoms. The van der Waals surface area contributed by atoms with Gasteiger partial charge in [-0.2, -0.15) is 0 Å². The standard InChI is InChI=1S/C22H33NO2S/c1-16(2)14-15-23(21(24)18-10-6-5-7-11-18)19-12-8-9-13-20(19)26-22(25)17(3)4/h8-9,12-13,16-18H,5-7,10-11,14-15H2,1-4H3. The summed E-state index contributed by atoms with van der Waals surface area (Å²) in [4.78, 5) is 28.5. The Hall–Kier alpha value is -1.29. The lowest BCUT2D eigenvalue weighted by Gasteiger charge is -2.31. The Morgan fingerprint density at radius 3 is 2.35 bits per heavy atom. The summed E-state index contributed by atoms with van der Waals surface area (Å²) in [6, 6.07) is 7.88. The summed E-state index contributed by atoms with van der Waals surface area (Å²) in [5.41, 5.74) is 0.905. The third-order valence-electron chi connectivity index (χ3n) is 4.99. The van der Waals surface area contributed by atoms with Crippen molar-refractivity contribution in [2.24, 2.45) is 17.8 Å². The third kappa shape index (κ3) is 5.87. The SMILES string of the molecule is CC(C)CCN(C(=O)C1CCCCC1)c1ccccc1SC(=O)C(C)C. The van der Waals surface area contributed by atoms with Gasteiger partial charge in [0, 0.05) is 23.3 Å². The Balaban J connectivity index is 2.29. The highest BCUT2D eigenvalue weighted by molar-refractivity contribution is 8.13. The average Bonchev–Trinajstić information content (AvgIpc) is 2.63. The lowest BCUT2D eigenvalue weighted by atomic mass is 9.88. The predicted molar refractivity (Wildman–Crippen MR) is 111 cm³/mol. The normalized spacial score (nSPS) is 15.5. The lowest BCUT2D eigenvalue weighted by molar-refractivity contribution is -0.123. The van der Waals surface area contributed by atoms with Crippen LogP contribution in [-0.4, -0.2) is 17.6 Å². The molecule has 0 unspecified atom stereocenters. The van der Waals surface area contributed by atoms with Gasteiger partial charge in [0.2, 0.25) is 5.91 Å². The number of thioether (sulfide) groups is 1. The molecule has 4 heteroatoms. The van der Waals surface area contributed by atoms with Crippen LogP contribution in [0.4, 0.5) is 5.69 Å². The first-order valence-corrected chi connectivity index (χ1v) is 10.8. The van der Waals surface area contributed by atoms with Crippen LogP contribution in [0.3, 0.4) is 0 Å². The van der Waals surface area contributed by atoms with Crippen molar-refractivity contribution in [3.63, 3.8) is 0 Å². The molecule has 1 amide bonds. The molecule has 1 aromatic rings. The first-order valence-electron chi connectivity index (χ1n) is 10.0. The van der Waals surface area contributed by atoms with Crippen molar-refractivity contribution < 1.29 is 9.59 Å². The van der Waals surface area contributed by atoms with E-state index in [9.17, 15) is 9.59 Å². The summed E-state index contributed by atoms with van der Waals surface area (Å²) < 4.78 is 0. The third-order valence-corrected chi connectivity index (χ3v) is 6.23. The number of anilines is 1. The van der Waals surface area contributed by atoms with E-state index in [1.165, 1.54) is 18.2 Å². The van der Waals surface area contributed by atoms with Gasteiger partial charge >= 0.3 is 0 Å². The molecule has 0 aliphatic heterocycles. The van der Waals surface area contributed by atoms with Crippen LogP contribution in [0.2, 0.25) is 0 Å². The molecule has 0 aromatic heterocycles. The largest absolute Gasteiger partial charge is 0.311 e. The number of hydrogen-bond acceptors (Lipinski definition) is 3. The van der Waals surface area contributed by atoms with E-state index in [1.807, 2.05) is 43.0 Å². The Labute approximate surface area is 162 Å². The van der Waals surface area contributed by atoms with E-state index in [0.29, 0.717) is 5.92 Å². The van der Waals surface area contributed by atoms with Crippen LogP contribution in [0.5, 0.6) is 0 Å². The molecule has 1 aromatic carbocycles. The van der Waals surface area contributed by atoms with E-state index in [4.69, 9.17) is 0 Å². The Bertz CT molecular complexity index is 606. The van der Waals surface area contributed by atoms with Gasteiger partial charge < -0.3 is 4.90 Å². The van der Waals surface area contributed by atoms with Crippen molar-refractivity contribution in [2.45, 2.75) is 71.1 Å². The second-order valence-electron chi connectivity index (χ2n) is 8.05. The van der Waals surface area contributed by atoms with Gasteiger partial charge in [-0.25, -0.2) is 0 Å². The Morgan fingerprint density at radius 2 is 1.73 bits per heavy atom. The van der Waals surface area contributed by atoms with Gasteiger partial charge in [-0.3, -0.25) is 9.59 Å². The zero-order valence-corrected chi connectivity index (χ0v) is 17.5. The van der Waals surface area contributed by atoms with Crippen LogP contribution >= 0.6 is 11.8 Å². The molecule has 0 radical (unpaired) electrons. The number of carbonyl (C=O) groups excluding carboxylic acids is 2. The molecule has 0 atom stereocenters. The van der Waals surface area contributed by atoms with Gasteiger partial charge in [0.05, 0.1) is 5.69 Å². The summed E-state index contributed by atoms with van der Waals surface area (Å²) in [6.07, 6.45) is 6.50. The molecule has 1 saturated carbocycles. The highest BCUT2D eigenvalue weighted by Crippen LogP contribution is 2.35. The zero-order valence-electron chi connectivity index (χ0n) is 16.7. The van der Waals surface area contributed by atoms with Crippen molar-refractivity contribution in [1.82, 2.24) is 0 Å². The minimum absolute atomic E-state index is 0.0220. The van der Waals surface area contributed by atoms with Crippen molar-refractivity contribution >= 4 is 28.5 Å².